The molecule has 2 aromatic carbocycles. The van der Waals surface area contributed by atoms with Crippen molar-refractivity contribution in [2.45, 2.75) is 0 Å². The first-order chi connectivity index (χ1) is 12.0. The molecule has 0 spiro atoms. The lowest BCUT2D eigenvalue weighted by atomic mass is 10.2. The molecular weight excluding hydrogens is 327 g/mol. The van der Waals surface area contributed by atoms with E-state index in [9.17, 15) is 19.3 Å². The van der Waals surface area contributed by atoms with Crippen molar-refractivity contribution in [1.29, 1.82) is 0 Å². The Kier molecular flexibility index (Phi) is 4.78. The first-order valence-corrected chi connectivity index (χ1v) is 7.84. The monoisotopic (exact) mass is 344 g/mol. The van der Waals surface area contributed by atoms with Crippen LogP contribution in [-0.2, 0) is 0 Å². The van der Waals surface area contributed by atoms with Crippen molar-refractivity contribution in [2.75, 3.05) is 36.4 Å². The number of nitro groups is 1. The van der Waals surface area contributed by atoms with Gasteiger partial charge in [-0.1, -0.05) is 0 Å². The molecule has 1 saturated heterocycles. The molecule has 3 rings (SSSR count). The number of benzene rings is 2. The molecule has 2 aromatic rings. The van der Waals surface area contributed by atoms with Crippen molar-refractivity contribution in [1.82, 2.24) is 4.90 Å². The zero-order valence-electron chi connectivity index (χ0n) is 13.4. The quantitative estimate of drug-likeness (QED) is 0.685. The van der Waals surface area contributed by atoms with Gasteiger partial charge in [-0.15, -0.1) is 0 Å². The van der Waals surface area contributed by atoms with Gasteiger partial charge >= 0.3 is 6.03 Å². The second-order valence-electron chi connectivity index (χ2n) is 5.68. The van der Waals surface area contributed by atoms with Crippen LogP contribution < -0.4 is 10.2 Å². The van der Waals surface area contributed by atoms with E-state index in [0.29, 0.717) is 31.9 Å². The van der Waals surface area contributed by atoms with Gasteiger partial charge in [0.2, 0.25) is 0 Å². The van der Waals surface area contributed by atoms with Crippen LogP contribution in [0.2, 0.25) is 0 Å². The number of rotatable bonds is 3. The van der Waals surface area contributed by atoms with Crippen LogP contribution in [0.5, 0.6) is 0 Å². The molecule has 25 heavy (non-hydrogen) atoms. The van der Waals surface area contributed by atoms with Gasteiger partial charge in [-0.2, -0.15) is 0 Å². The lowest BCUT2D eigenvalue weighted by Gasteiger charge is -2.36. The van der Waals surface area contributed by atoms with Gasteiger partial charge < -0.3 is 15.1 Å². The third-order valence-electron chi connectivity index (χ3n) is 4.09. The number of carbonyl (C=O) groups is 1. The topological polar surface area (TPSA) is 78.7 Å². The van der Waals surface area contributed by atoms with E-state index in [-0.39, 0.29) is 17.5 Å². The third kappa shape index (κ3) is 4.03. The molecule has 1 fully saturated rings. The Morgan fingerprint density at radius 2 is 1.60 bits per heavy atom. The van der Waals surface area contributed by atoms with E-state index < -0.39 is 4.92 Å². The highest BCUT2D eigenvalue weighted by Crippen LogP contribution is 2.21. The number of nitrogens with zero attached hydrogens (tertiary/aromatic N) is 3. The summed E-state index contributed by atoms with van der Waals surface area (Å²) in [5.41, 5.74) is 1.49. The summed E-state index contributed by atoms with van der Waals surface area (Å²) >= 11 is 0. The summed E-state index contributed by atoms with van der Waals surface area (Å²) in [4.78, 5) is 26.3. The molecule has 0 radical (unpaired) electrons. The average Bonchev–Trinajstić information content (AvgIpc) is 2.64. The normalized spacial score (nSPS) is 14.3. The average molecular weight is 344 g/mol. The van der Waals surface area contributed by atoms with Gasteiger partial charge in [0.05, 0.1) is 4.92 Å². The molecule has 130 valence electrons. The number of piperazine rings is 1. The van der Waals surface area contributed by atoms with Crippen LogP contribution in [0, 0.1) is 15.9 Å². The summed E-state index contributed by atoms with van der Waals surface area (Å²) < 4.78 is 12.9. The minimum absolute atomic E-state index is 0.0565. The maximum atomic E-state index is 12.9. The maximum absolute atomic E-state index is 12.9. The molecule has 0 saturated carbocycles. The Labute approximate surface area is 143 Å². The number of hydrogen-bond acceptors (Lipinski definition) is 4. The van der Waals surface area contributed by atoms with Crippen molar-refractivity contribution in [2.24, 2.45) is 0 Å². The van der Waals surface area contributed by atoms with Gasteiger partial charge in [-0.3, -0.25) is 10.1 Å². The number of non-ortho nitro benzene ring substituents is 1. The van der Waals surface area contributed by atoms with Gasteiger partial charge in [0.25, 0.3) is 5.69 Å². The third-order valence-corrected chi connectivity index (χ3v) is 4.09. The first kappa shape index (κ1) is 16.7. The molecule has 7 nitrogen and oxygen atoms in total. The highest BCUT2D eigenvalue weighted by Gasteiger charge is 2.21. The molecule has 1 aliphatic rings. The Hall–Kier alpha value is -3.16. The summed E-state index contributed by atoms with van der Waals surface area (Å²) in [6, 6.07) is 11.8. The maximum Gasteiger partial charge on any atom is 0.321 e. The Morgan fingerprint density at radius 3 is 2.16 bits per heavy atom. The molecular formula is C17H17FN4O3. The molecule has 0 bridgehead atoms. The highest BCUT2D eigenvalue weighted by molar-refractivity contribution is 5.89. The standard InChI is InChI=1S/C17H17FN4O3/c18-13-1-3-14(4-2-13)19-17(23)21-11-9-20(10-12-21)15-5-7-16(8-6-15)22(24)25/h1-8H,9-12H2,(H,19,23). The fourth-order valence-corrected chi connectivity index (χ4v) is 2.69. The van der Waals surface area contributed by atoms with Crippen LogP contribution in [-0.4, -0.2) is 42.0 Å². The zero-order valence-corrected chi connectivity index (χ0v) is 13.4. The second-order valence-corrected chi connectivity index (χ2v) is 5.68. The summed E-state index contributed by atoms with van der Waals surface area (Å²) in [6.07, 6.45) is 0. The fourth-order valence-electron chi connectivity index (χ4n) is 2.69. The van der Waals surface area contributed by atoms with E-state index in [2.05, 4.69) is 10.2 Å². The minimum Gasteiger partial charge on any atom is -0.368 e. The van der Waals surface area contributed by atoms with Crippen molar-refractivity contribution in [3.63, 3.8) is 0 Å². The van der Waals surface area contributed by atoms with E-state index in [0.717, 1.165) is 5.69 Å². The summed E-state index contributed by atoms with van der Waals surface area (Å²) in [7, 11) is 0. The Balaban J connectivity index is 1.55. The number of hydrogen-bond donors (Lipinski definition) is 1. The van der Waals surface area contributed by atoms with Crippen LogP contribution in [0.4, 0.5) is 26.2 Å². The molecule has 2 amide bonds. The van der Waals surface area contributed by atoms with E-state index in [1.54, 1.807) is 17.0 Å². The zero-order chi connectivity index (χ0) is 17.8. The summed E-state index contributed by atoms with van der Waals surface area (Å²) in [6.45, 7) is 2.33. The van der Waals surface area contributed by atoms with E-state index in [4.69, 9.17) is 0 Å². The highest BCUT2D eigenvalue weighted by atomic mass is 19.1. The first-order valence-electron chi connectivity index (χ1n) is 7.84. The number of urea groups is 1. The molecule has 0 unspecified atom stereocenters. The van der Waals surface area contributed by atoms with Gasteiger partial charge in [0.15, 0.2) is 0 Å². The lowest BCUT2D eigenvalue weighted by Crippen LogP contribution is -2.50. The van der Waals surface area contributed by atoms with Gasteiger partial charge in [-0.25, -0.2) is 9.18 Å². The molecule has 1 aliphatic heterocycles. The predicted molar refractivity (Wildman–Crippen MR) is 92.3 cm³/mol. The van der Waals surface area contributed by atoms with Crippen LogP contribution >= 0.6 is 0 Å². The molecule has 8 heteroatoms. The van der Waals surface area contributed by atoms with Crippen molar-refractivity contribution >= 4 is 23.1 Å². The Bertz CT molecular complexity index is 756. The summed E-state index contributed by atoms with van der Waals surface area (Å²) in [5, 5.41) is 13.4. The smallest absolute Gasteiger partial charge is 0.321 e. The van der Waals surface area contributed by atoms with Gasteiger partial charge in [-0.05, 0) is 36.4 Å². The second kappa shape index (κ2) is 7.16. The molecule has 0 atom stereocenters. The van der Waals surface area contributed by atoms with E-state index in [1.807, 2.05) is 0 Å². The molecule has 0 aliphatic carbocycles. The molecule has 0 aromatic heterocycles. The number of nitro benzene ring substituents is 1. The molecule has 1 heterocycles. The number of amides is 2. The molecule has 1 N–H and O–H groups in total. The number of halogens is 1. The van der Waals surface area contributed by atoms with Gasteiger partial charge in [0.1, 0.15) is 5.82 Å². The van der Waals surface area contributed by atoms with Crippen LogP contribution in [0.3, 0.4) is 0 Å². The Morgan fingerprint density at radius 1 is 1.00 bits per heavy atom. The van der Waals surface area contributed by atoms with E-state index >= 15 is 0 Å². The van der Waals surface area contributed by atoms with E-state index in [1.165, 1.54) is 36.4 Å². The number of anilines is 2. The van der Waals surface area contributed by atoms with Crippen molar-refractivity contribution in [3.8, 4) is 0 Å². The summed E-state index contributed by atoms with van der Waals surface area (Å²) in [5.74, 6) is -0.352. The number of nitrogens with one attached hydrogen (secondary N) is 1. The van der Waals surface area contributed by atoms with Gasteiger partial charge in [0, 0.05) is 49.7 Å². The minimum atomic E-state index is -0.429. The largest absolute Gasteiger partial charge is 0.368 e. The van der Waals surface area contributed by atoms with Crippen LogP contribution in [0.1, 0.15) is 0 Å². The van der Waals surface area contributed by atoms with Crippen LogP contribution in [0.25, 0.3) is 0 Å². The van der Waals surface area contributed by atoms with Crippen molar-refractivity contribution < 1.29 is 14.1 Å². The predicted octanol–water partition coefficient (Wildman–Crippen LogP) is 3.09. The number of carbonyl (C=O) groups excluding carboxylic acids is 1. The van der Waals surface area contributed by atoms with Crippen molar-refractivity contribution in [3.05, 3.63) is 64.5 Å². The lowest BCUT2D eigenvalue weighted by molar-refractivity contribution is -0.384. The fraction of sp³-hybridized carbons (Fsp3) is 0.235. The SMILES string of the molecule is O=C(Nc1ccc(F)cc1)N1CCN(c2ccc([N+](=O)[O-])cc2)CC1. The van der Waals surface area contributed by atoms with Crippen LogP contribution in [0.15, 0.2) is 48.5 Å².